The molecule has 0 fully saturated rings. The fraction of sp³-hybridized carbons (Fsp3) is 0.727. The molecule has 0 heterocycles. The molecular weight excluding hydrogens is 180 g/mol. The molecule has 0 aromatic heterocycles. The summed E-state index contributed by atoms with van der Waals surface area (Å²) in [5, 5.41) is 7.50. The molecule has 0 bridgehead atoms. The van der Waals surface area contributed by atoms with Gasteiger partial charge in [0.2, 0.25) is 0 Å². The van der Waals surface area contributed by atoms with Crippen molar-refractivity contribution in [3.63, 3.8) is 0 Å². The normalized spacial score (nSPS) is 8.07. The summed E-state index contributed by atoms with van der Waals surface area (Å²) in [5.74, 6) is 2.64. The number of rotatable bonds is 5. The monoisotopic (exact) mass is 200 g/mol. The molecule has 0 aliphatic rings. The number of unbranched alkanes of at least 4 members (excludes halogenated alkanes) is 5. The summed E-state index contributed by atoms with van der Waals surface area (Å²) < 4.78 is 3.67. The van der Waals surface area contributed by atoms with Crippen molar-refractivity contribution < 1.29 is 14.6 Å². The zero-order chi connectivity index (χ0) is 11.2. The summed E-state index contributed by atoms with van der Waals surface area (Å²) in [6.07, 6.45) is 11.4. The Bertz CT molecular complexity index is 158. The van der Waals surface area contributed by atoms with Crippen LogP contribution in [0, 0.1) is 12.3 Å². The number of ether oxygens (including phenoxy) is 1. The van der Waals surface area contributed by atoms with Gasteiger partial charge in [0.15, 0.2) is 0 Å². The second kappa shape index (κ2) is 14.4. The molecular formula is C11H20O3. The number of methoxy groups -OCH3 is 1. The summed E-state index contributed by atoms with van der Waals surface area (Å²) in [5.41, 5.74) is 0. The van der Waals surface area contributed by atoms with Crippen LogP contribution in [0.15, 0.2) is 0 Å². The number of terminal acetylenes is 1. The average molecular weight is 200 g/mol. The molecule has 0 amide bonds. The fourth-order valence-electron chi connectivity index (χ4n) is 0.831. The van der Waals surface area contributed by atoms with Crippen LogP contribution < -0.4 is 0 Å². The summed E-state index contributed by atoms with van der Waals surface area (Å²) >= 11 is 0. The number of carboxylic acid groups (broad SMARTS) is 1. The van der Waals surface area contributed by atoms with Crippen molar-refractivity contribution in [3.05, 3.63) is 0 Å². The lowest BCUT2D eigenvalue weighted by Gasteiger charge is -1.93. The van der Waals surface area contributed by atoms with E-state index in [-0.39, 0.29) is 0 Å². The first-order valence-electron chi connectivity index (χ1n) is 4.89. The number of hydrogen-bond acceptors (Lipinski definition) is 2. The molecule has 3 heteroatoms. The molecule has 0 atom stereocenters. The molecule has 0 saturated carbocycles. The maximum absolute atomic E-state index is 9.15. The smallest absolute Gasteiger partial charge is 0.450 e. The van der Waals surface area contributed by atoms with Crippen LogP contribution in [0.2, 0.25) is 0 Å². The molecule has 14 heavy (non-hydrogen) atoms. The second-order valence-corrected chi connectivity index (χ2v) is 2.84. The standard InChI is InChI=1S/C9H16.C2H4O3/c1-3-5-7-9-8-6-4-2;1-5-2(3)4/h1H,4-9H2,2H3;1H3,(H,3,4). The van der Waals surface area contributed by atoms with E-state index in [1.165, 1.54) is 32.1 Å². The topological polar surface area (TPSA) is 46.5 Å². The maximum Gasteiger partial charge on any atom is 0.505 e. The molecule has 1 N–H and O–H groups in total. The second-order valence-electron chi connectivity index (χ2n) is 2.84. The van der Waals surface area contributed by atoms with E-state index < -0.39 is 6.16 Å². The van der Waals surface area contributed by atoms with E-state index in [1.54, 1.807) is 0 Å². The molecule has 0 aliphatic heterocycles. The van der Waals surface area contributed by atoms with Crippen LogP contribution >= 0.6 is 0 Å². The van der Waals surface area contributed by atoms with Crippen LogP contribution in [-0.2, 0) is 4.74 Å². The first-order valence-corrected chi connectivity index (χ1v) is 4.89. The molecule has 0 aliphatic carbocycles. The van der Waals surface area contributed by atoms with Gasteiger partial charge in [0.1, 0.15) is 0 Å². The molecule has 0 unspecified atom stereocenters. The SMILES string of the molecule is C#CCCCCCCC.COC(=O)O. The van der Waals surface area contributed by atoms with E-state index >= 15 is 0 Å². The largest absolute Gasteiger partial charge is 0.505 e. The summed E-state index contributed by atoms with van der Waals surface area (Å²) in [6, 6.07) is 0. The van der Waals surface area contributed by atoms with Crippen molar-refractivity contribution >= 4 is 6.16 Å². The number of carbonyl (C=O) groups is 1. The quantitative estimate of drug-likeness (QED) is 0.421. The van der Waals surface area contributed by atoms with Gasteiger partial charge in [0.05, 0.1) is 7.11 Å². The third-order valence-electron chi connectivity index (χ3n) is 1.60. The van der Waals surface area contributed by atoms with Crippen LogP contribution in [0.25, 0.3) is 0 Å². The Balaban J connectivity index is 0. The first kappa shape index (κ1) is 15.3. The lowest BCUT2D eigenvalue weighted by Crippen LogP contribution is -1.91. The van der Waals surface area contributed by atoms with Gasteiger partial charge in [-0.2, -0.15) is 0 Å². The van der Waals surface area contributed by atoms with Gasteiger partial charge in [-0.25, -0.2) is 4.79 Å². The van der Waals surface area contributed by atoms with Crippen LogP contribution in [0.4, 0.5) is 4.79 Å². The Morgan fingerprint density at radius 3 is 2.21 bits per heavy atom. The zero-order valence-electron chi connectivity index (χ0n) is 9.08. The van der Waals surface area contributed by atoms with Crippen molar-refractivity contribution in [1.82, 2.24) is 0 Å². The summed E-state index contributed by atoms with van der Waals surface area (Å²) in [7, 11) is 1.10. The van der Waals surface area contributed by atoms with Crippen LogP contribution in [0.5, 0.6) is 0 Å². The van der Waals surface area contributed by atoms with Gasteiger partial charge < -0.3 is 9.84 Å². The van der Waals surface area contributed by atoms with Crippen molar-refractivity contribution in [1.29, 1.82) is 0 Å². The van der Waals surface area contributed by atoms with E-state index in [9.17, 15) is 0 Å². The van der Waals surface area contributed by atoms with Crippen LogP contribution in [0.3, 0.4) is 0 Å². The van der Waals surface area contributed by atoms with Gasteiger partial charge in [-0.3, -0.25) is 0 Å². The van der Waals surface area contributed by atoms with Gasteiger partial charge in [-0.15, -0.1) is 12.3 Å². The highest BCUT2D eigenvalue weighted by molar-refractivity contribution is 5.56. The third kappa shape index (κ3) is 22.4. The Morgan fingerprint density at radius 1 is 1.36 bits per heavy atom. The molecule has 0 saturated heterocycles. The maximum atomic E-state index is 9.15. The van der Waals surface area contributed by atoms with E-state index in [4.69, 9.17) is 16.3 Å². The van der Waals surface area contributed by atoms with Gasteiger partial charge in [-0.05, 0) is 6.42 Å². The molecule has 0 spiro atoms. The predicted octanol–water partition coefficient (Wildman–Crippen LogP) is 3.29. The minimum atomic E-state index is -1.25. The van der Waals surface area contributed by atoms with Crippen molar-refractivity contribution in [2.45, 2.75) is 45.4 Å². The Labute approximate surface area is 86.5 Å². The third-order valence-corrected chi connectivity index (χ3v) is 1.60. The van der Waals surface area contributed by atoms with Crippen molar-refractivity contribution in [3.8, 4) is 12.3 Å². The van der Waals surface area contributed by atoms with Gasteiger partial charge >= 0.3 is 6.16 Å². The summed E-state index contributed by atoms with van der Waals surface area (Å²) in [4.78, 5) is 9.15. The Hall–Kier alpha value is -1.17. The molecule has 0 aromatic rings. The van der Waals surface area contributed by atoms with E-state index in [0.717, 1.165) is 13.5 Å². The van der Waals surface area contributed by atoms with Crippen molar-refractivity contribution in [2.75, 3.05) is 7.11 Å². The van der Waals surface area contributed by atoms with E-state index in [1.807, 2.05) is 0 Å². The zero-order valence-corrected chi connectivity index (χ0v) is 9.08. The highest BCUT2D eigenvalue weighted by Crippen LogP contribution is 2.03. The highest BCUT2D eigenvalue weighted by atomic mass is 16.6. The number of hydrogen-bond donors (Lipinski definition) is 1. The lowest BCUT2D eigenvalue weighted by molar-refractivity contribution is 0.114. The van der Waals surface area contributed by atoms with E-state index in [2.05, 4.69) is 17.6 Å². The predicted molar refractivity (Wildman–Crippen MR) is 57.2 cm³/mol. The fourth-order valence-corrected chi connectivity index (χ4v) is 0.831. The minimum absolute atomic E-state index is 0.962. The summed E-state index contributed by atoms with van der Waals surface area (Å²) in [6.45, 7) is 2.22. The minimum Gasteiger partial charge on any atom is -0.450 e. The molecule has 0 radical (unpaired) electrons. The highest BCUT2D eigenvalue weighted by Gasteiger charge is 1.84. The van der Waals surface area contributed by atoms with Gasteiger partial charge in [0.25, 0.3) is 0 Å². The lowest BCUT2D eigenvalue weighted by atomic mass is 10.1. The molecule has 82 valence electrons. The van der Waals surface area contributed by atoms with E-state index in [0.29, 0.717) is 0 Å². The van der Waals surface area contributed by atoms with Crippen molar-refractivity contribution in [2.24, 2.45) is 0 Å². The Morgan fingerprint density at radius 2 is 1.86 bits per heavy atom. The first-order chi connectivity index (χ1) is 6.68. The average Bonchev–Trinajstić information content (AvgIpc) is 2.19. The van der Waals surface area contributed by atoms with Gasteiger partial charge in [-0.1, -0.05) is 32.6 Å². The molecule has 0 aromatic carbocycles. The molecule has 0 rings (SSSR count). The van der Waals surface area contributed by atoms with Crippen LogP contribution in [-0.4, -0.2) is 18.4 Å². The Kier molecular flexibility index (Phi) is 15.7. The van der Waals surface area contributed by atoms with Crippen LogP contribution in [0.1, 0.15) is 45.4 Å². The van der Waals surface area contributed by atoms with Gasteiger partial charge in [0, 0.05) is 6.42 Å². The molecule has 3 nitrogen and oxygen atoms in total.